The first-order valence-corrected chi connectivity index (χ1v) is 13.9. The van der Waals surface area contributed by atoms with Crippen molar-refractivity contribution >= 4 is 44.7 Å². The van der Waals surface area contributed by atoms with E-state index in [-0.39, 0.29) is 28.5 Å². The number of thiazole rings is 1. The standard InChI is InChI=1S/C26H27N5O3S2/c32-23-14-19(15-30(23)16-20-4-3-13-35-20)25(33)28-10-7-18(8-11-28)24-27-9-12-29(24)17-31-21-5-1-2-6-22(21)36-26(31)34/h1-6,9,12-13,18-19H,7-8,10-11,14-17H2. The van der Waals surface area contributed by atoms with Crippen LogP contribution in [0.5, 0.6) is 0 Å². The number of hydrogen-bond acceptors (Lipinski definition) is 6. The highest BCUT2D eigenvalue weighted by atomic mass is 32.1. The van der Waals surface area contributed by atoms with Gasteiger partial charge in [0.25, 0.3) is 0 Å². The van der Waals surface area contributed by atoms with Gasteiger partial charge in [0.2, 0.25) is 11.8 Å². The lowest BCUT2D eigenvalue weighted by atomic mass is 9.94. The van der Waals surface area contributed by atoms with Gasteiger partial charge >= 0.3 is 4.87 Å². The number of amides is 2. The van der Waals surface area contributed by atoms with E-state index in [0.29, 0.717) is 39.3 Å². The molecule has 0 radical (unpaired) electrons. The lowest BCUT2D eigenvalue weighted by Gasteiger charge is -2.33. The molecule has 2 amide bonds. The first-order valence-electron chi connectivity index (χ1n) is 12.2. The Bertz CT molecular complexity index is 1450. The van der Waals surface area contributed by atoms with E-state index in [4.69, 9.17) is 0 Å². The maximum absolute atomic E-state index is 13.2. The molecular formula is C26H27N5O3S2. The molecule has 5 heterocycles. The summed E-state index contributed by atoms with van der Waals surface area (Å²) in [6.45, 7) is 2.85. The van der Waals surface area contributed by atoms with Gasteiger partial charge in [-0.05, 0) is 36.4 Å². The van der Waals surface area contributed by atoms with Crippen LogP contribution in [0.15, 0.2) is 59.0 Å². The van der Waals surface area contributed by atoms with E-state index < -0.39 is 0 Å². The van der Waals surface area contributed by atoms with Crippen molar-refractivity contribution in [3.63, 3.8) is 0 Å². The van der Waals surface area contributed by atoms with E-state index in [1.165, 1.54) is 11.3 Å². The fourth-order valence-corrected chi connectivity index (χ4v) is 7.00. The van der Waals surface area contributed by atoms with Crippen LogP contribution < -0.4 is 4.87 Å². The van der Waals surface area contributed by atoms with Crippen LogP contribution in [0.4, 0.5) is 0 Å². The number of para-hydroxylation sites is 1. The first kappa shape index (κ1) is 23.2. The third-order valence-electron chi connectivity index (χ3n) is 7.28. The minimum atomic E-state index is -0.255. The summed E-state index contributed by atoms with van der Waals surface area (Å²) >= 11 is 2.90. The molecule has 2 aliphatic heterocycles. The van der Waals surface area contributed by atoms with Gasteiger partial charge in [0.1, 0.15) is 12.5 Å². The second-order valence-electron chi connectivity index (χ2n) is 9.51. The molecule has 0 aliphatic carbocycles. The number of nitrogens with zero attached hydrogens (tertiary/aromatic N) is 5. The molecule has 6 rings (SSSR count). The normalized spacial score (nSPS) is 19.0. The molecule has 1 aromatic carbocycles. The number of carbonyl (C=O) groups excluding carboxylic acids is 2. The Hall–Kier alpha value is -3.24. The molecular weight excluding hydrogens is 494 g/mol. The second-order valence-corrected chi connectivity index (χ2v) is 11.5. The number of thiophene rings is 1. The minimum Gasteiger partial charge on any atom is -0.342 e. The van der Waals surface area contributed by atoms with Gasteiger partial charge in [-0.25, -0.2) is 4.98 Å². The lowest BCUT2D eigenvalue weighted by Crippen LogP contribution is -2.42. The topological polar surface area (TPSA) is 80.4 Å². The van der Waals surface area contributed by atoms with Gasteiger partial charge < -0.3 is 14.4 Å². The quantitative estimate of drug-likeness (QED) is 0.389. The molecule has 0 saturated carbocycles. The summed E-state index contributed by atoms with van der Waals surface area (Å²) in [5, 5.41) is 2.01. The van der Waals surface area contributed by atoms with Crippen molar-refractivity contribution in [3.8, 4) is 0 Å². The molecule has 36 heavy (non-hydrogen) atoms. The zero-order valence-electron chi connectivity index (χ0n) is 19.8. The lowest BCUT2D eigenvalue weighted by molar-refractivity contribution is -0.136. The Balaban J connectivity index is 1.09. The van der Waals surface area contributed by atoms with Gasteiger partial charge in [-0.3, -0.25) is 19.0 Å². The minimum absolute atomic E-state index is 0.0236. The Kier molecular flexibility index (Phi) is 6.22. The van der Waals surface area contributed by atoms with Crippen LogP contribution in [0.25, 0.3) is 10.2 Å². The van der Waals surface area contributed by atoms with Crippen molar-refractivity contribution in [2.45, 2.75) is 38.4 Å². The number of hydrogen-bond donors (Lipinski definition) is 0. The molecule has 1 atom stereocenters. The fourth-order valence-electron chi connectivity index (χ4n) is 5.40. The van der Waals surface area contributed by atoms with E-state index >= 15 is 0 Å². The van der Waals surface area contributed by atoms with Crippen molar-refractivity contribution in [1.82, 2.24) is 23.9 Å². The summed E-state index contributed by atoms with van der Waals surface area (Å²) < 4.78 is 4.83. The summed E-state index contributed by atoms with van der Waals surface area (Å²) in [6, 6.07) is 11.9. The molecule has 4 aromatic rings. The van der Waals surface area contributed by atoms with Crippen LogP contribution in [-0.4, -0.2) is 55.4 Å². The summed E-state index contributed by atoms with van der Waals surface area (Å²) in [5.74, 6) is 1.09. The molecule has 2 aliphatic rings. The summed E-state index contributed by atoms with van der Waals surface area (Å²) in [6.07, 6.45) is 5.66. The van der Waals surface area contributed by atoms with E-state index in [2.05, 4.69) is 9.55 Å². The molecule has 2 fully saturated rings. The molecule has 0 bridgehead atoms. The van der Waals surface area contributed by atoms with Gasteiger partial charge in [0, 0.05) is 49.2 Å². The number of imidazole rings is 1. The molecule has 186 valence electrons. The monoisotopic (exact) mass is 521 g/mol. The van der Waals surface area contributed by atoms with Crippen molar-refractivity contribution < 1.29 is 9.59 Å². The molecule has 10 heteroatoms. The highest BCUT2D eigenvalue weighted by molar-refractivity contribution is 7.16. The molecule has 2 saturated heterocycles. The molecule has 0 N–H and O–H groups in total. The summed E-state index contributed by atoms with van der Waals surface area (Å²) in [7, 11) is 0. The van der Waals surface area contributed by atoms with Gasteiger partial charge in [-0.15, -0.1) is 11.3 Å². The molecule has 8 nitrogen and oxygen atoms in total. The van der Waals surface area contributed by atoms with Crippen LogP contribution in [0.3, 0.4) is 0 Å². The highest BCUT2D eigenvalue weighted by Crippen LogP contribution is 2.30. The Morgan fingerprint density at radius 3 is 2.72 bits per heavy atom. The third kappa shape index (κ3) is 4.39. The number of aromatic nitrogens is 3. The predicted octanol–water partition coefficient (Wildman–Crippen LogP) is 3.58. The zero-order chi connectivity index (χ0) is 24.6. The van der Waals surface area contributed by atoms with Crippen LogP contribution in [0.1, 0.15) is 35.9 Å². The Labute approximate surface area is 216 Å². The average molecular weight is 522 g/mol. The third-order valence-corrected chi connectivity index (χ3v) is 9.10. The fraction of sp³-hybridized carbons (Fsp3) is 0.385. The smallest absolute Gasteiger partial charge is 0.309 e. The number of likely N-dealkylation sites (tertiary alicyclic amines) is 2. The summed E-state index contributed by atoms with van der Waals surface area (Å²) in [5.41, 5.74) is 0.937. The van der Waals surface area contributed by atoms with Crippen molar-refractivity contribution in [2.24, 2.45) is 5.92 Å². The van der Waals surface area contributed by atoms with E-state index in [0.717, 1.165) is 33.8 Å². The van der Waals surface area contributed by atoms with Gasteiger partial charge in [-0.1, -0.05) is 29.5 Å². The number of benzene rings is 1. The van der Waals surface area contributed by atoms with Crippen molar-refractivity contribution in [2.75, 3.05) is 19.6 Å². The van der Waals surface area contributed by atoms with E-state index in [1.807, 2.05) is 57.8 Å². The van der Waals surface area contributed by atoms with E-state index in [9.17, 15) is 14.4 Å². The molecule has 0 spiro atoms. The maximum Gasteiger partial charge on any atom is 0.309 e. The summed E-state index contributed by atoms with van der Waals surface area (Å²) in [4.78, 5) is 47.9. The second kappa shape index (κ2) is 9.67. The average Bonchev–Trinajstić information content (AvgIpc) is 3.69. The van der Waals surface area contributed by atoms with E-state index in [1.54, 1.807) is 22.1 Å². The largest absolute Gasteiger partial charge is 0.342 e. The van der Waals surface area contributed by atoms with Crippen LogP contribution in [0, 0.1) is 5.92 Å². The zero-order valence-corrected chi connectivity index (χ0v) is 21.4. The van der Waals surface area contributed by atoms with Crippen LogP contribution >= 0.6 is 22.7 Å². The Morgan fingerprint density at radius 2 is 1.92 bits per heavy atom. The van der Waals surface area contributed by atoms with Gasteiger partial charge in [-0.2, -0.15) is 0 Å². The number of rotatable bonds is 6. The van der Waals surface area contributed by atoms with Crippen LogP contribution in [0.2, 0.25) is 0 Å². The van der Waals surface area contributed by atoms with Gasteiger partial charge in [0.05, 0.1) is 22.7 Å². The number of fused-ring (bicyclic) bond motifs is 1. The molecule has 3 aromatic heterocycles. The first-order chi connectivity index (χ1) is 17.6. The number of piperidine rings is 1. The van der Waals surface area contributed by atoms with Crippen molar-refractivity contribution in [1.29, 1.82) is 0 Å². The molecule has 1 unspecified atom stereocenters. The van der Waals surface area contributed by atoms with Crippen LogP contribution in [-0.2, 0) is 22.8 Å². The Morgan fingerprint density at radius 1 is 1.08 bits per heavy atom. The number of carbonyl (C=O) groups is 2. The maximum atomic E-state index is 13.2. The van der Waals surface area contributed by atoms with Gasteiger partial charge in [0.15, 0.2) is 0 Å². The predicted molar refractivity (Wildman–Crippen MR) is 140 cm³/mol. The highest BCUT2D eigenvalue weighted by Gasteiger charge is 2.38. The SMILES string of the molecule is O=C1CC(C(=O)N2CCC(c3nccn3Cn3c(=O)sc4ccccc43)CC2)CN1Cc1cccs1. The van der Waals surface area contributed by atoms with Crippen molar-refractivity contribution in [3.05, 3.63) is 74.5 Å².